The fraction of sp³-hybridized carbons (Fsp3) is 0.250. The average molecular weight is 300 g/mol. The van der Waals surface area contributed by atoms with Crippen molar-refractivity contribution >= 4 is 27.5 Å². The Morgan fingerprint density at radius 1 is 1.38 bits per heavy atom. The molecule has 2 rings (SSSR count). The fourth-order valence-corrected chi connectivity index (χ4v) is 2.40. The highest BCUT2D eigenvalue weighted by Gasteiger charge is 2.12. The summed E-state index contributed by atoms with van der Waals surface area (Å²) in [5.41, 5.74) is 1.06. The maximum absolute atomic E-state index is 6.12. The first kappa shape index (κ1) is 11.7. The van der Waals surface area contributed by atoms with Crippen molar-refractivity contribution in [3.8, 4) is 11.4 Å². The van der Waals surface area contributed by atoms with Crippen molar-refractivity contribution in [1.29, 1.82) is 0 Å². The van der Waals surface area contributed by atoms with E-state index in [0.717, 1.165) is 15.9 Å². The molecule has 0 spiro atoms. The van der Waals surface area contributed by atoms with Gasteiger partial charge in [-0.2, -0.15) is 0 Å². The van der Waals surface area contributed by atoms with Gasteiger partial charge in [-0.1, -0.05) is 39.7 Å². The van der Waals surface area contributed by atoms with E-state index in [2.05, 4.69) is 34.8 Å². The molecule has 1 heterocycles. The SMILES string of the molecule is CC(C)n1c(Cl)cnc1-c1cccc(Br)c1. The summed E-state index contributed by atoms with van der Waals surface area (Å²) >= 11 is 9.58. The van der Waals surface area contributed by atoms with Gasteiger partial charge in [0.25, 0.3) is 0 Å². The molecule has 2 nitrogen and oxygen atoms in total. The Kier molecular flexibility index (Phi) is 3.36. The molecular weight excluding hydrogens is 288 g/mol. The van der Waals surface area contributed by atoms with Crippen LogP contribution in [0.15, 0.2) is 34.9 Å². The maximum atomic E-state index is 6.12. The Morgan fingerprint density at radius 2 is 2.12 bits per heavy atom. The van der Waals surface area contributed by atoms with Crippen LogP contribution in [-0.4, -0.2) is 9.55 Å². The number of rotatable bonds is 2. The highest BCUT2D eigenvalue weighted by molar-refractivity contribution is 9.10. The summed E-state index contributed by atoms with van der Waals surface area (Å²) < 4.78 is 3.06. The summed E-state index contributed by atoms with van der Waals surface area (Å²) in [5, 5.41) is 0.671. The molecule has 0 fully saturated rings. The van der Waals surface area contributed by atoms with Crippen LogP contribution in [-0.2, 0) is 0 Å². The van der Waals surface area contributed by atoms with Crippen LogP contribution in [0, 0.1) is 0 Å². The van der Waals surface area contributed by atoms with E-state index >= 15 is 0 Å². The van der Waals surface area contributed by atoms with Crippen LogP contribution in [0.25, 0.3) is 11.4 Å². The van der Waals surface area contributed by atoms with Gasteiger partial charge in [0.05, 0.1) is 6.20 Å². The molecule has 1 aromatic carbocycles. The van der Waals surface area contributed by atoms with E-state index in [4.69, 9.17) is 11.6 Å². The molecule has 0 amide bonds. The number of aromatic nitrogens is 2. The van der Waals surface area contributed by atoms with Gasteiger partial charge in [-0.15, -0.1) is 0 Å². The van der Waals surface area contributed by atoms with Gasteiger partial charge in [0.2, 0.25) is 0 Å². The first-order chi connectivity index (χ1) is 7.59. The molecule has 4 heteroatoms. The summed E-state index contributed by atoms with van der Waals surface area (Å²) in [7, 11) is 0. The Morgan fingerprint density at radius 3 is 2.75 bits per heavy atom. The molecule has 0 aliphatic heterocycles. The lowest BCUT2D eigenvalue weighted by Gasteiger charge is -2.13. The molecule has 16 heavy (non-hydrogen) atoms. The number of hydrogen-bond donors (Lipinski definition) is 0. The highest BCUT2D eigenvalue weighted by Crippen LogP contribution is 2.27. The van der Waals surface area contributed by atoms with Crippen LogP contribution in [0.4, 0.5) is 0 Å². The predicted molar refractivity (Wildman–Crippen MR) is 70.8 cm³/mol. The largest absolute Gasteiger partial charge is 0.313 e. The smallest absolute Gasteiger partial charge is 0.141 e. The average Bonchev–Trinajstić information content (AvgIpc) is 2.60. The molecule has 0 radical (unpaired) electrons. The van der Waals surface area contributed by atoms with Crippen molar-refractivity contribution < 1.29 is 0 Å². The third-order valence-electron chi connectivity index (χ3n) is 2.35. The lowest BCUT2D eigenvalue weighted by molar-refractivity contribution is 0.607. The third kappa shape index (κ3) is 2.15. The normalized spacial score (nSPS) is 11.1. The van der Waals surface area contributed by atoms with Crippen molar-refractivity contribution in [3.63, 3.8) is 0 Å². The Labute approximate surface area is 108 Å². The summed E-state index contributed by atoms with van der Waals surface area (Å²) in [6.45, 7) is 4.18. The molecule has 0 saturated heterocycles. The zero-order valence-corrected chi connectivity index (χ0v) is 11.5. The van der Waals surface area contributed by atoms with Crippen LogP contribution in [0.3, 0.4) is 0 Å². The minimum atomic E-state index is 0.295. The molecule has 0 aliphatic carbocycles. The zero-order valence-electron chi connectivity index (χ0n) is 9.11. The minimum absolute atomic E-state index is 0.295. The van der Waals surface area contributed by atoms with Crippen molar-refractivity contribution in [2.24, 2.45) is 0 Å². The molecular formula is C12H12BrClN2. The van der Waals surface area contributed by atoms with Gasteiger partial charge in [-0.05, 0) is 26.0 Å². The Bertz CT molecular complexity index is 505. The van der Waals surface area contributed by atoms with E-state index in [-0.39, 0.29) is 0 Å². The van der Waals surface area contributed by atoms with E-state index in [1.54, 1.807) is 6.20 Å². The maximum Gasteiger partial charge on any atom is 0.141 e. The summed E-state index contributed by atoms with van der Waals surface area (Å²) in [6, 6.07) is 8.35. The molecule has 0 aliphatic rings. The van der Waals surface area contributed by atoms with Gasteiger partial charge < -0.3 is 4.57 Å². The molecule has 0 saturated carbocycles. The molecule has 84 valence electrons. The first-order valence-electron chi connectivity index (χ1n) is 5.08. The van der Waals surface area contributed by atoms with Crippen LogP contribution >= 0.6 is 27.5 Å². The van der Waals surface area contributed by atoms with Crippen LogP contribution in [0.2, 0.25) is 5.15 Å². The lowest BCUT2D eigenvalue weighted by atomic mass is 10.2. The van der Waals surface area contributed by atoms with Crippen molar-refractivity contribution in [2.75, 3.05) is 0 Å². The second-order valence-electron chi connectivity index (χ2n) is 3.88. The van der Waals surface area contributed by atoms with Gasteiger partial charge in [-0.25, -0.2) is 4.98 Å². The number of imidazole rings is 1. The van der Waals surface area contributed by atoms with Crippen molar-refractivity contribution in [2.45, 2.75) is 19.9 Å². The van der Waals surface area contributed by atoms with Crippen LogP contribution in [0.5, 0.6) is 0 Å². The van der Waals surface area contributed by atoms with E-state index in [1.165, 1.54) is 0 Å². The predicted octanol–water partition coefficient (Wildman–Crippen LogP) is 4.55. The molecule has 0 unspecified atom stereocenters. The Hall–Kier alpha value is -0.800. The third-order valence-corrected chi connectivity index (χ3v) is 3.12. The minimum Gasteiger partial charge on any atom is -0.313 e. The molecule has 1 aromatic heterocycles. The topological polar surface area (TPSA) is 17.8 Å². The van der Waals surface area contributed by atoms with Crippen LogP contribution < -0.4 is 0 Å². The monoisotopic (exact) mass is 298 g/mol. The quantitative estimate of drug-likeness (QED) is 0.795. The van der Waals surface area contributed by atoms with Crippen molar-refractivity contribution in [3.05, 3.63) is 40.1 Å². The van der Waals surface area contributed by atoms with E-state index in [1.807, 2.05) is 28.8 Å². The van der Waals surface area contributed by atoms with Gasteiger partial charge >= 0.3 is 0 Å². The molecule has 0 N–H and O–H groups in total. The molecule has 0 bridgehead atoms. The molecule has 2 aromatic rings. The number of nitrogens with zero attached hydrogens (tertiary/aromatic N) is 2. The first-order valence-corrected chi connectivity index (χ1v) is 6.25. The van der Waals surface area contributed by atoms with Crippen molar-refractivity contribution in [1.82, 2.24) is 9.55 Å². The zero-order chi connectivity index (χ0) is 11.7. The van der Waals surface area contributed by atoms with Gasteiger partial charge in [0.1, 0.15) is 11.0 Å². The number of benzene rings is 1. The fourth-order valence-electron chi connectivity index (χ4n) is 1.67. The van der Waals surface area contributed by atoms with E-state index in [0.29, 0.717) is 11.2 Å². The highest BCUT2D eigenvalue weighted by atomic mass is 79.9. The van der Waals surface area contributed by atoms with Gasteiger partial charge in [0.15, 0.2) is 0 Å². The van der Waals surface area contributed by atoms with E-state index < -0.39 is 0 Å². The summed E-state index contributed by atoms with van der Waals surface area (Å²) in [4.78, 5) is 4.36. The second-order valence-corrected chi connectivity index (χ2v) is 5.18. The molecule has 0 atom stereocenters. The Balaban J connectivity index is 2.56. The van der Waals surface area contributed by atoms with E-state index in [9.17, 15) is 0 Å². The second kappa shape index (κ2) is 4.60. The standard InChI is InChI=1S/C12H12BrClN2/c1-8(2)16-11(14)7-15-12(16)9-4-3-5-10(13)6-9/h3-8H,1-2H3. The summed E-state index contributed by atoms with van der Waals surface area (Å²) in [6.07, 6.45) is 1.69. The summed E-state index contributed by atoms with van der Waals surface area (Å²) in [5.74, 6) is 0.904. The van der Waals surface area contributed by atoms with Gasteiger partial charge in [-0.3, -0.25) is 0 Å². The number of hydrogen-bond acceptors (Lipinski definition) is 1. The van der Waals surface area contributed by atoms with Crippen LogP contribution in [0.1, 0.15) is 19.9 Å². The lowest BCUT2D eigenvalue weighted by Crippen LogP contribution is -2.03. The van der Waals surface area contributed by atoms with Gasteiger partial charge in [0, 0.05) is 16.1 Å². The number of halogens is 2.